The zero-order valence-corrected chi connectivity index (χ0v) is 11.2. The van der Waals surface area contributed by atoms with Crippen molar-refractivity contribution in [1.82, 2.24) is 0 Å². The van der Waals surface area contributed by atoms with Gasteiger partial charge in [0.25, 0.3) is 0 Å². The fourth-order valence-electron chi connectivity index (χ4n) is 1.07. The number of ether oxygens (including phenoxy) is 1. The first kappa shape index (κ1) is 14.9. The lowest BCUT2D eigenvalue weighted by Crippen LogP contribution is -2.21. The number of carboxylic acid groups (broad SMARTS) is 1. The Morgan fingerprint density at radius 2 is 2.11 bits per heavy atom. The van der Waals surface area contributed by atoms with E-state index in [1.54, 1.807) is 0 Å². The highest BCUT2D eigenvalue weighted by Crippen LogP contribution is 2.31. The molecule has 0 aliphatic rings. The Morgan fingerprint density at radius 1 is 1.44 bits per heavy atom. The maximum absolute atomic E-state index is 12.9. The number of anilines is 1. The Bertz CT molecular complexity index is 460. The van der Waals surface area contributed by atoms with Crippen LogP contribution in [0.4, 0.5) is 10.1 Å². The molecule has 18 heavy (non-hydrogen) atoms. The van der Waals surface area contributed by atoms with E-state index in [1.807, 2.05) is 0 Å². The summed E-state index contributed by atoms with van der Waals surface area (Å²) >= 11 is 8.79. The molecular formula is C10H8BrClFNO4. The molecule has 5 nitrogen and oxygen atoms in total. The summed E-state index contributed by atoms with van der Waals surface area (Å²) in [6.07, 6.45) is 0. The molecule has 0 fully saturated rings. The lowest BCUT2D eigenvalue weighted by molar-refractivity contribution is -0.143. The topological polar surface area (TPSA) is 75.6 Å². The second kappa shape index (κ2) is 6.67. The van der Waals surface area contributed by atoms with Crippen LogP contribution in [0.5, 0.6) is 0 Å². The van der Waals surface area contributed by atoms with Gasteiger partial charge < -0.3 is 15.2 Å². The third-order valence-electron chi connectivity index (χ3n) is 1.73. The molecule has 0 atom stereocenters. The van der Waals surface area contributed by atoms with Crippen molar-refractivity contribution in [3.05, 3.63) is 27.4 Å². The molecule has 1 amide bonds. The minimum atomic E-state index is -1.18. The number of halogens is 3. The Labute approximate surface area is 115 Å². The second-order valence-corrected chi connectivity index (χ2v) is 4.44. The summed E-state index contributed by atoms with van der Waals surface area (Å²) in [7, 11) is 0. The van der Waals surface area contributed by atoms with Crippen molar-refractivity contribution >= 4 is 45.1 Å². The number of aliphatic carboxylic acids is 1. The average molecular weight is 341 g/mol. The first-order valence-corrected chi connectivity index (χ1v) is 5.81. The van der Waals surface area contributed by atoms with Crippen LogP contribution in [0.15, 0.2) is 16.6 Å². The molecule has 0 radical (unpaired) electrons. The Morgan fingerprint density at radius 3 is 2.67 bits per heavy atom. The van der Waals surface area contributed by atoms with Gasteiger partial charge in [-0.15, -0.1) is 0 Å². The summed E-state index contributed by atoms with van der Waals surface area (Å²) < 4.78 is 17.8. The van der Waals surface area contributed by atoms with E-state index in [0.717, 1.165) is 12.1 Å². The summed E-state index contributed by atoms with van der Waals surface area (Å²) in [5.41, 5.74) is 0.196. The van der Waals surface area contributed by atoms with Gasteiger partial charge in [0.1, 0.15) is 19.0 Å². The highest BCUT2D eigenvalue weighted by Gasteiger charge is 2.12. The van der Waals surface area contributed by atoms with Crippen molar-refractivity contribution in [2.45, 2.75) is 0 Å². The van der Waals surface area contributed by atoms with Gasteiger partial charge in [0, 0.05) is 4.47 Å². The number of amides is 1. The van der Waals surface area contributed by atoms with Crippen LogP contribution in [0, 0.1) is 5.82 Å². The highest BCUT2D eigenvalue weighted by atomic mass is 79.9. The van der Waals surface area contributed by atoms with Gasteiger partial charge in [0.15, 0.2) is 0 Å². The Kier molecular flexibility index (Phi) is 5.52. The largest absolute Gasteiger partial charge is 0.480 e. The molecule has 0 saturated carbocycles. The van der Waals surface area contributed by atoms with Crippen molar-refractivity contribution in [3.63, 3.8) is 0 Å². The molecule has 0 saturated heterocycles. The van der Waals surface area contributed by atoms with E-state index in [-0.39, 0.29) is 15.2 Å². The molecule has 1 rings (SSSR count). The van der Waals surface area contributed by atoms with Crippen LogP contribution in [0.25, 0.3) is 0 Å². The van der Waals surface area contributed by atoms with E-state index in [1.165, 1.54) is 0 Å². The number of nitrogens with one attached hydrogen (secondary N) is 1. The predicted octanol–water partition coefficient (Wildman–Crippen LogP) is 2.28. The smallest absolute Gasteiger partial charge is 0.329 e. The lowest BCUT2D eigenvalue weighted by atomic mass is 10.3. The Balaban J connectivity index is 2.62. The summed E-state index contributed by atoms with van der Waals surface area (Å²) in [5, 5.41) is 10.7. The maximum atomic E-state index is 12.9. The molecule has 0 bridgehead atoms. The van der Waals surface area contributed by atoms with Gasteiger partial charge in [-0.25, -0.2) is 9.18 Å². The summed E-state index contributed by atoms with van der Waals surface area (Å²) in [6.45, 7) is -1.02. The third kappa shape index (κ3) is 4.59. The van der Waals surface area contributed by atoms with Crippen LogP contribution in [0.1, 0.15) is 0 Å². The lowest BCUT2D eigenvalue weighted by Gasteiger charge is -2.09. The summed E-state index contributed by atoms with van der Waals surface area (Å²) in [4.78, 5) is 21.5. The molecule has 0 heterocycles. The van der Waals surface area contributed by atoms with Gasteiger partial charge in [0.05, 0.1) is 10.7 Å². The zero-order valence-electron chi connectivity index (χ0n) is 8.87. The number of hydrogen-bond donors (Lipinski definition) is 2. The van der Waals surface area contributed by atoms with Gasteiger partial charge in [0.2, 0.25) is 5.91 Å². The molecule has 0 spiro atoms. The highest BCUT2D eigenvalue weighted by molar-refractivity contribution is 9.10. The number of benzene rings is 1. The van der Waals surface area contributed by atoms with Crippen LogP contribution in [0.3, 0.4) is 0 Å². The average Bonchev–Trinajstić information content (AvgIpc) is 2.22. The van der Waals surface area contributed by atoms with Crippen LogP contribution in [0.2, 0.25) is 5.02 Å². The van der Waals surface area contributed by atoms with Gasteiger partial charge in [-0.2, -0.15) is 0 Å². The molecule has 0 aliphatic carbocycles. The molecule has 8 heteroatoms. The van der Waals surface area contributed by atoms with E-state index in [4.69, 9.17) is 16.7 Å². The zero-order chi connectivity index (χ0) is 13.7. The summed E-state index contributed by atoms with van der Waals surface area (Å²) in [6, 6.07) is 2.18. The minimum absolute atomic E-state index is 0.0217. The van der Waals surface area contributed by atoms with Gasteiger partial charge in [-0.05, 0) is 28.1 Å². The number of rotatable bonds is 5. The van der Waals surface area contributed by atoms with Crippen molar-refractivity contribution in [1.29, 1.82) is 0 Å². The Hall–Kier alpha value is -1.18. The van der Waals surface area contributed by atoms with E-state index in [0.29, 0.717) is 0 Å². The SMILES string of the molecule is O=C(O)COCC(=O)Nc1c(Cl)cc(F)cc1Br. The maximum Gasteiger partial charge on any atom is 0.329 e. The molecular weight excluding hydrogens is 332 g/mol. The predicted molar refractivity (Wildman–Crippen MR) is 66.2 cm³/mol. The van der Waals surface area contributed by atoms with Crippen molar-refractivity contribution in [2.24, 2.45) is 0 Å². The van der Waals surface area contributed by atoms with E-state index < -0.39 is 30.9 Å². The van der Waals surface area contributed by atoms with Gasteiger partial charge in [-0.1, -0.05) is 11.6 Å². The number of carboxylic acids is 1. The van der Waals surface area contributed by atoms with Crippen molar-refractivity contribution in [2.75, 3.05) is 18.5 Å². The van der Waals surface area contributed by atoms with E-state index in [2.05, 4.69) is 26.0 Å². The third-order valence-corrected chi connectivity index (χ3v) is 2.65. The fraction of sp³-hybridized carbons (Fsp3) is 0.200. The van der Waals surface area contributed by atoms with Crippen LogP contribution >= 0.6 is 27.5 Å². The van der Waals surface area contributed by atoms with Crippen LogP contribution in [-0.2, 0) is 14.3 Å². The number of hydrogen-bond acceptors (Lipinski definition) is 3. The fourth-order valence-corrected chi connectivity index (χ4v) is 1.97. The minimum Gasteiger partial charge on any atom is -0.480 e. The molecule has 0 aliphatic heterocycles. The molecule has 0 aromatic heterocycles. The van der Waals surface area contributed by atoms with Crippen molar-refractivity contribution in [3.8, 4) is 0 Å². The molecule has 1 aromatic carbocycles. The monoisotopic (exact) mass is 339 g/mol. The second-order valence-electron chi connectivity index (χ2n) is 3.18. The van der Waals surface area contributed by atoms with Crippen LogP contribution in [-0.4, -0.2) is 30.2 Å². The normalized spacial score (nSPS) is 10.2. The summed E-state index contributed by atoms with van der Waals surface area (Å²) in [5.74, 6) is -2.32. The molecule has 0 unspecified atom stereocenters. The van der Waals surface area contributed by atoms with E-state index >= 15 is 0 Å². The standard InChI is InChI=1S/C10H8BrClFNO4/c11-6-1-5(13)2-7(12)10(6)14-8(15)3-18-4-9(16)17/h1-2H,3-4H2,(H,14,15)(H,16,17). The number of carbonyl (C=O) groups is 2. The van der Waals surface area contributed by atoms with Gasteiger partial charge in [-0.3, -0.25) is 4.79 Å². The van der Waals surface area contributed by atoms with Gasteiger partial charge >= 0.3 is 5.97 Å². The first-order chi connectivity index (χ1) is 8.40. The quantitative estimate of drug-likeness (QED) is 0.862. The molecule has 2 N–H and O–H groups in total. The molecule has 1 aromatic rings. The van der Waals surface area contributed by atoms with E-state index in [9.17, 15) is 14.0 Å². The molecule has 98 valence electrons. The number of carbonyl (C=O) groups excluding carboxylic acids is 1. The van der Waals surface area contributed by atoms with Crippen molar-refractivity contribution < 1.29 is 23.8 Å². The van der Waals surface area contributed by atoms with Crippen LogP contribution < -0.4 is 5.32 Å². The first-order valence-electron chi connectivity index (χ1n) is 4.64.